The predicted molar refractivity (Wildman–Crippen MR) is 83.0 cm³/mol. The van der Waals surface area contributed by atoms with Gasteiger partial charge < -0.3 is 19.7 Å². The van der Waals surface area contributed by atoms with Gasteiger partial charge in [-0.25, -0.2) is 0 Å². The summed E-state index contributed by atoms with van der Waals surface area (Å²) in [7, 11) is 0. The Labute approximate surface area is 133 Å². The van der Waals surface area contributed by atoms with Gasteiger partial charge in [-0.1, -0.05) is 38.3 Å². The molecule has 2 rings (SSSR count). The van der Waals surface area contributed by atoms with E-state index < -0.39 is 5.97 Å². The number of carbonyl (C=O) groups is 1. The van der Waals surface area contributed by atoms with Crippen LogP contribution in [0.25, 0.3) is 0 Å². The number of rotatable bonds is 10. The van der Waals surface area contributed by atoms with Crippen molar-refractivity contribution >= 4 is 5.97 Å². The molecule has 22 heavy (non-hydrogen) atoms. The van der Waals surface area contributed by atoms with Gasteiger partial charge in [0.05, 0.1) is 18.3 Å². The molecule has 2 aliphatic rings. The highest BCUT2D eigenvalue weighted by Crippen LogP contribution is 2.46. The normalized spacial score (nSPS) is 33.8. The number of aliphatic hydroxyl groups excluding tert-OH is 1. The van der Waals surface area contributed by atoms with Crippen LogP contribution in [-0.2, 0) is 9.53 Å². The first-order valence-electron chi connectivity index (χ1n) is 8.83. The van der Waals surface area contributed by atoms with Crippen LogP contribution in [0, 0.1) is 11.8 Å². The summed E-state index contributed by atoms with van der Waals surface area (Å²) in [4.78, 5) is 10.3. The number of allylic oxidation sites excluding steroid dienone is 1. The summed E-state index contributed by atoms with van der Waals surface area (Å²) in [5.41, 5.74) is 0. The summed E-state index contributed by atoms with van der Waals surface area (Å²) in [5.74, 6) is -0.0576. The van der Waals surface area contributed by atoms with Gasteiger partial charge in [0.15, 0.2) is 0 Å². The minimum absolute atomic E-state index is 0.0100. The standard InChI is InChI=1S/C18H30O4/c1-2-16-14-12-15(19)18(22-16)13(14)10-8-6-4-3-5-7-9-11-17(20)21/h8,10,13-16,18-19H,2-7,9,11-12H2,1H3,(H,20,21)/p-1/b10-8-/t13-,14+,15+,16-,18+/m0/s1. The molecule has 2 fully saturated rings. The molecule has 126 valence electrons. The Morgan fingerprint density at radius 3 is 2.73 bits per heavy atom. The van der Waals surface area contributed by atoms with Crippen molar-refractivity contribution in [3.63, 3.8) is 0 Å². The number of hydrogen-bond donors (Lipinski definition) is 1. The van der Waals surface area contributed by atoms with Crippen molar-refractivity contribution in [1.29, 1.82) is 0 Å². The van der Waals surface area contributed by atoms with E-state index in [4.69, 9.17) is 4.74 Å². The third-order valence-electron chi connectivity index (χ3n) is 5.09. The molecule has 1 N–H and O–H groups in total. The fourth-order valence-corrected chi connectivity index (χ4v) is 3.92. The Balaban J connectivity index is 1.57. The van der Waals surface area contributed by atoms with Crippen LogP contribution in [0.1, 0.15) is 64.7 Å². The largest absolute Gasteiger partial charge is 0.550 e. The van der Waals surface area contributed by atoms with E-state index in [1.807, 2.05) is 0 Å². The highest BCUT2D eigenvalue weighted by Gasteiger charge is 2.52. The Hall–Kier alpha value is -0.870. The zero-order valence-electron chi connectivity index (χ0n) is 13.6. The molecule has 1 aliphatic carbocycles. The van der Waals surface area contributed by atoms with Gasteiger partial charge in [-0.15, -0.1) is 0 Å². The van der Waals surface area contributed by atoms with E-state index in [0.29, 0.717) is 17.9 Å². The van der Waals surface area contributed by atoms with E-state index in [9.17, 15) is 15.0 Å². The van der Waals surface area contributed by atoms with E-state index in [1.54, 1.807) is 0 Å². The first-order chi connectivity index (χ1) is 10.6. The molecule has 0 aromatic carbocycles. The lowest BCUT2D eigenvalue weighted by atomic mass is 9.91. The highest BCUT2D eigenvalue weighted by molar-refractivity contribution is 5.63. The van der Waals surface area contributed by atoms with Crippen LogP contribution in [-0.4, -0.2) is 29.4 Å². The van der Waals surface area contributed by atoms with Crippen LogP contribution in [0.4, 0.5) is 0 Å². The van der Waals surface area contributed by atoms with Crippen molar-refractivity contribution in [1.82, 2.24) is 0 Å². The minimum Gasteiger partial charge on any atom is -0.550 e. The number of carbonyl (C=O) groups excluding carboxylic acids is 1. The number of ether oxygens (including phenoxy) is 1. The van der Waals surface area contributed by atoms with Crippen LogP contribution in [0.3, 0.4) is 0 Å². The van der Waals surface area contributed by atoms with E-state index in [-0.39, 0.29) is 18.6 Å². The summed E-state index contributed by atoms with van der Waals surface area (Å²) in [6.07, 6.45) is 12.8. The highest BCUT2D eigenvalue weighted by atomic mass is 16.5. The summed E-state index contributed by atoms with van der Waals surface area (Å²) in [5, 5.41) is 20.2. The Morgan fingerprint density at radius 2 is 2.00 bits per heavy atom. The zero-order valence-corrected chi connectivity index (χ0v) is 13.6. The average molecular weight is 309 g/mol. The summed E-state index contributed by atoms with van der Waals surface area (Å²) in [6, 6.07) is 0. The SMILES string of the molecule is CC[C@@H]1O[C@@H]2[C@@H](/C=C\CCCCCCCC(=O)[O-])[C@H]1C[C@H]2O. The topological polar surface area (TPSA) is 69.6 Å². The molecule has 0 radical (unpaired) electrons. The summed E-state index contributed by atoms with van der Waals surface area (Å²) >= 11 is 0. The molecule has 4 heteroatoms. The van der Waals surface area contributed by atoms with Gasteiger partial charge in [0.2, 0.25) is 0 Å². The number of aliphatic carboxylic acids is 1. The van der Waals surface area contributed by atoms with Gasteiger partial charge in [-0.05, 0) is 44.4 Å². The maximum absolute atomic E-state index is 10.3. The molecule has 0 spiro atoms. The molecular formula is C18H29O4-. The molecular weight excluding hydrogens is 280 g/mol. The lowest BCUT2D eigenvalue weighted by molar-refractivity contribution is -0.305. The molecule has 0 aromatic rings. The lowest BCUT2D eigenvalue weighted by Gasteiger charge is -2.24. The second-order valence-electron chi connectivity index (χ2n) is 6.70. The smallest absolute Gasteiger partial charge is 0.0903 e. The van der Waals surface area contributed by atoms with E-state index in [1.165, 1.54) is 0 Å². The van der Waals surface area contributed by atoms with Gasteiger partial charge in [-0.2, -0.15) is 0 Å². The van der Waals surface area contributed by atoms with E-state index in [2.05, 4.69) is 19.1 Å². The van der Waals surface area contributed by atoms with Crippen LogP contribution >= 0.6 is 0 Å². The van der Waals surface area contributed by atoms with Gasteiger partial charge in [0.25, 0.3) is 0 Å². The van der Waals surface area contributed by atoms with Crippen molar-refractivity contribution in [3.8, 4) is 0 Å². The first kappa shape index (κ1) is 17.5. The van der Waals surface area contributed by atoms with E-state index in [0.717, 1.165) is 51.4 Å². The average Bonchev–Trinajstić information content (AvgIpc) is 2.98. The lowest BCUT2D eigenvalue weighted by Crippen LogP contribution is -2.30. The zero-order chi connectivity index (χ0) is 15.9. The molecule has 1 aliphatic heterocycles. The Kier molecular flexibility index (Phi) is 6.90. The van der Waals surface area contributed by atoms with Crippen molar-refractivity contribution in [2.45, 2.75) is 83.0 Å². The van der Waals surface area contributed by atoms with Crippen LogP contribution in [0.5, 0.6) is 0 Å². The van der Waals surface area contributed by atoms with Crippen molar-refractivity contribution in [2.24, 2.45) is 11.8 Å². The maximum Gasteiger partial charge on any atom is 0.0903 e. The molecule has 4 nitrogen and oxygen atoms in total. The molecule has 2 bridgehead atoms. The van der Waals surface area contributed by atoms with Crippen LogP contribution in [0.2, 0.25) is 0 Å². The second kappa shape index (κ2) is 8.68. The number of unbranched alkanes of at least 4 members (excludes halogenated alkanes) is 5. The van der Waals surface area contributed by atoms with Gasteiger partial charge in [0, 0.05) is 11.9 Å². The molecule has 1 heterocycles. The first-order valence-corrected chi connectivity index (χ1v) is 8.83. The fourth-order valence-electron chi connectivity index (χ4n) is 3.92. The molecule has 1 saturated carbocycles. The Bertz CT molecular complexity index is 379. The Morgan fingerprint density at radius 1 is 1.27 bits per heavy atom. The predicted octanol–water partition coefficient (Wildman–Crippen LogP) is 2.20. The van der Waals surface area contributed by atoms with Gasteiger partial charge in [-0.3, -0.25) is 0 Å². The minimum atomic E-state index is -0.941. The van der Waals surface area contributed by atoms with Crippen molar-refractivity contribution < 1.29 is 19.7 Å². The number of hydrogen-bond acceptors (Lipinski definition) is 4. The molecule has 0 aromatic heterocycles. The quantitative estimate of drug-likeness (QED) is 0.496. The second-order valence-corrected chi connectivity index (χ2v) is 6.70. The third-order valence-corrected chi connectivity index (χ3v) is 5.09. The number of fused-ring (bicyclic) bond motifs is 2. The number of carboxylic acids is 1. The number of aliphatic hydroxyl groups is 1. The fraction of sp³-hybridized carbons (Fsp3) is 0.833. The number of carboxylic acid groups (broad SMARTS) is 1. The molecule has 0 unspecified atom stereocenters. The van der Waals surface area contributed by atoms with Gasteiger partial charge in [0.1, 0.15) is 0 Å². The molecule has 1 saturated heterocycles. The summed E-state index contributed by atoms with van der Waals surface area (Å²) < 4.78 is 5.92. The van der Waals surface area contributed by atoms with Crippen LogP contribution in [0.15, 0.2) is 12.2 Å². The third kappa shape index (κ3) is 4.56. The van der Waals surface area contributed by atoms with Crippen LogP contribution < -0.4 is 5.11 Å². The van der Waals surface area contributed by atoms with Gasteiger partial charge >= 0.3 is 0 Å². The van der Waals surface area contributed by atoms with E-state index >= 15 is 0 Å². The monoisotopic (exact) mass is 309 g/mol. The summed E-state index contributed by atoms with van der Waals surface area (Å²) in [6.45, 7) is 2.15. The molecule has 5 atom stereocenters. The van der Waals surface area contributed by atoms with Crippen molar-refractivity contribution in [2.75, 3.05) is 0 Å². The molecule has 0 amide bonds. The van der Waals surface area contributed by atoms with Crippen molar-refractivity contribution in [3.05, 3.63) is 12.2 Å². The maximum atomic E-state index is 10.3.